The number of aromatic nitrogens is 3. The maximum atomic E-state index is 12.8. The highest BCUT2D eigenvalue weighted by molar-refractivity contribution is 5.94. The van der Waals surface area contributed by atoms with Crippen molar-refractivity contribution in [3.8, 4) is 0 Å². The van der Waals surface area contributed by atoms with Crippen molar-refractivity contribution in [3.05, 3.63) is 60.2 Å². The van der Waals surface area contributed by atoms with E-state index in [-0.39, 0.29) is 5.91 Å². The highest BCUT2D eigenvalue weighted by Crippen LogP contribution is 2.15. The first kappa shape index (κ1) is 14.7. The van der Waals surface area contributed by atoms with E-state index in [9.17, 15) is 4.79 Å². The SMILES string of the molecule is Cc1cn2cc(C(=O)N3CCN(c4ccccn4)CC3)ccc2n1. The third-order valence-corrected chi connectivity index (χ3v) is 4.36. The first-order valence-corrected chi connectivity index (χ1v) is 8.11. The normalized spacial score (nSPS) is 15.0. The fourth-order valence-electron chi connectivity index (χ4n) is 3.11. The molecule has 122 valence electrons. The maximum Gasteiger partial charge on any atom is 0.255 e. The van der Waals surface area contributed by atoms with Crippen molar-refractivity contribution in [3.63, 3.8) is 0 Å². The Labute approximate surface area is 140 Å². The molecule has 0 N–H and O–H groups in total. The van der Waals surface area contributed by atoms with Gasteiger partial charge in [-0.05, 0) is 31.2 Å². The van der Waals surface area contributed by atoms with Gasteiger partial charge in [-0.15, -0.1) is 0 Å². The van der Waals surface area contributed by atoms with Crippen LogP contribution in [0.25, 0.3) is 5.65 Å². The number of carbonyl (C=O) groups excluding carboxylic acids is 1. The molecule has 1 saturated heterocycles. The van der Waals surface area contributed by atoms with E-state index in [1.54, 1.807) is 6.20 Å². The number of anilines is 1. The summed E-state index contributed by atoms with van der Waals surface area (Å²) in [6.45, 7) is 4.96. The van der Waals surface area contributed by atoms with Gasteiger partial charge in [0, 0.05) is 44.8 Å². The average Bonchev–Trinajstić information content (AvgIpc) is 3.01. The fourth-order valence-corrected chi connectivity index (χ4v) is 3.11. The molecule has 3 aromatic rings. The first-order valence-electron chi connectivity index (χ1n) is 8.11. The van der Waals surface area contributed by atoms with Crippen LogP contribution in [-0.4, -0.2) is 51.4 Å². The van der Waals surface area contributed by atoms with Gasteiger partial charge in [0.05, 0.1) is 11.3 Å². The zero-order chi connectivity index (χ0) is 16.5. The Morgan fingerprint density at radius 3 is 2.62 bits per heavy atom. The van der Waals surface area contributed by atoms with E-state index < -0.39 is 0 Å². The van der Waals surface area contributed by atoms with E-state index in [0.717, 1.165) is 30.2 Å². The molecule has 4 heterocycles. The van der Waals surface area contributed by atoms with Crippen LogP contribution in [0.3, 0.4) is 0 Å². The number of carbonyl (C=O) groups is 1. The van der Waals surface area contributed by atoms with Gasteiger partial charge in [-0.2, -0.15) is 0 Å². The second-order valence-electron chi connectivity index (χ2n) is 6.03. The van der Waals surface area contributed by atoms with Crippen molar-refractivity contribution < 1.29 is 4.79 Å². The zero-order valence-corrected chi connectivity index (χ0v) is 13.6. The monoisotopic (exact) mass is 321 g/mol. The molecule has 0 aliphatic carbocycles. The molecule has 0 aromatic carbocycles. The number of imidazole rings is 1. The Bertz CT molecular complexity index is 866. The molecule has 0 bridgehead atoms. The van der Waals surface area contributed by atoms with Crippen molar-refractivity contribution in [2.24, 2.45) is 0 Å². The van der Waals surface area contributed by atoms with Crippen molar-refractivity contribution in [1.29, 1.82) is 0 Å². The number of nitrogens with zero attached hydrogens (tertiary/aromatic N) is 5. The molecule has 0 unspecified atom stereocenters. The number of hydrogen-bond donors (Lipinski definition) is 0. The van der Waals surface area contributed by atoms with Crippen LogP contribution < -0.4 is 4.90 Å². The van der Waals surface area contributed by atoms with Crippen LogP contribution in [0.15, 0.2) is 48.9 Å². The van der Waals surface area contributed by atoms with Gasteiger partial charge < -0.3 is 14.2 Å². The van der Waals surface area contributed by atoms with Gasteiger partial charge in [0.1, 0.15) is 11.5 Å². The van der Waals surface area contributed by atoms with Gasteiger partial charge >= 0.3 is 0 Å². The van der Waals surface area contributed by atoms with E-state index in [1.165, 1.54) is 0 Å². The number of aryl methyl sites for hydroxylation is 1. The molecule has 4 rings (SSSR count). The summed E-state index contributed by atoms with van der Waals surface area (Å²) in [6, 6.07) is 9.66. The van der Waals surface area contributed by atoms with Crippen LogP contribution in [0.4, 0.5) is 5.82 Å². The van der Waals surface area contributed by atoms with E-state index >= 15 is 0 Å². The lowest BCUT2D eigenvalue weighted by Gasteiger charge is -2.35. The topological polar surface area (TPSA) is 53.7 Å². The minimum absolute atomic E-state index is 0.0731. The molecule has 3 aromatic heterocycles. The highest BCUT2D eigenvalue weighted by Gasteiger charge is 2.23. The minimum atomic E-state index is 0.0731. The third-order valence-electron chi connectivity index (χ3n) is 4.36. The van der Waals surface area contributed by atoms with Gasteiger partial charge in [-0.3, -0.25) is 4.79 Å². The minimum Gasteiger partial charge on any atom is -0.353 e. The molecular weight excluding hydrogens is 302 g/mol. The number of hydrogen-bond acceptors (Lipinski definition) is 4. The molecule has 1 fully saturated rings. The molecule has 0 radical (unpaired) electrons. The zero-order valence-electron chi connectivity index (χ0n) is 13.6. The number of amides is 1. The summed E-state index contributed by atoms with van der Waals surface area (Å²) in [6.07, 6.45) is 5.60. The summed E-state index contributed by atoms with van der Waals surface area (Å²) in [4.78, 5) is 25.6. The molecule has 24 heavy (non-hydrogen) atoms. The predicted molar refractivity (Wildman–Crippen MR) is 92.3 cm³/mol. The molecular formula is C18H19N5O. The van der Waals surface area contributed by atoms with Gasteiger partial charge in [-0.1, -0.05) is 6.07 Å². The second kappa shape index (κ2) is 5.96. The molecule has 6 nitrogen and oxygen atoms in total. The summed E-state index contributed by atoms with van der Waals surface area (Å²) >= 11 is 0. The van der Waals surface area contributed by atoms with Crippen LogP contribution in [0.1, 0.15) is 16.1 Å². The van der Waals surface area contributed by atoms with Crippen LogP contribution in [-0.2, 0) is 0 Å². The Morgan fingerprint density at radius 2 is 1.88 bits per heavy atom. The maximum absolute atomic E-state index is 12.8. The van der Waals surface area contributed by atoms with Gasteiger partial charge in [0.2, 0.25) is 0 Å². The summed E-state index contributed by atoms with van der Waals surface area (Å²) in [5.41, 5.74) is 2.51. The van der Waals surface area contributed by atoms with Crippen molar-refractivity contribution in [2.45, 2.75) is 6.92 Å². The number of rotatable bonds is 2. The summed E-state index contributed by atoms with van der Waals surface area (Å²) < 4.78 is 1.91. The first-order chi connectivity index (χ1) is 11.7. The van der Waals surface area contributed by atoms with Crippen LogP contribution in [0.2, 0.25) is 0 Å². The second-order valence-corrected chi connectivity index (χ2v) is 6.03. The van der Waals surface area contributed by atoms with Crippen molar-refractivity contribution >= 4 is 17.4 Å². The summed E-state index contributed by atoms with van der Waals surface area (Å²) in [7, 11) is 0. The van der Waals surface area contributed by atoms with E-state index in [2.05, 4.69) is 14.9 Å². The third kappa shape index (κ3) is 2.71. The molecule has 0 saturated carbocycles. The van der Waals surface area contributed by atoms with Gasteiger partial charge in [-0.25, -0.2) is 9.97 Å². The summed E-state index contributed by atoms with van der Waals surface area (Å²) in [5, 5.41) is 0. The molecule has 0 atom stereocenters. The largest absolute Gasteiger partial charge is 0.353 e. The Hall–Kier alpha value is -2.89. The Kier molecular flexibility index (Phi) is 3.65. The molecule has 1 amide bonds. The van der Waals surface area contributed by atoms with E-state index in [0.29, 0.717) is 18.7 Å². The highest BCUT2D eigenvalue weighted by atomic mass is 16.2. The van der Waals surface area contributed by atoms with Crippen LogP contribution in [0.5, 0.6) is 0 Å². The number of fused-ring (bicyclic) bond motifs is 1. The Balaban J connectivity index is 1.47. The average molecular weight is 321 g/mol. The van der Waals surface area contributed by atoms with Crippen LogP contribution in [0, 0.1) is 6.92 Å². The molecule has 6 heteroatoms. The number of piperazine rings is 1. The van der Waals surface area contributed by atoms with E-state index in [4.69, 9.17) is 0 Å². The lowest BCUT2D eigenvalue weighted by Crippen LogP contribution is -2.49. The smallest absolute Gasteiger partial charge is 0.255 e. The predicted octanol–water partition coefficient (Wildman–Crippen LogP) is 2.00. The molecule has 1 aliphatic heterocycles. The number of pyridine rings is 2. The van der Waals surface area contributed by atoms with Gasteiger partial charge in [0.15, 0.2) is 0 Å². The van der Waals surface area contributed by atoms with Gasteiger partial charge in [0.25, 0.3) is 5.91 Å². The van der Waals surface area contributed by atoms with Crippen LogP contribution >= 0.6 is 0 Å². The standard InChI is InChI=1S/C18H19N5O/c1-14-12-23-13-15(5-6-17(23)20-14)18(24)22-10-8-21(9-11-22)16-4-2-3-7-19-16/h2-7,12-13H,8-11H2,1H3. The Morgan fingerprint density at radius 1 is 1.04 bits per heavy atom. The van der Waals surface area contributed by atoms with E-state index in [1.807, 2.05) is 58.9 Å². The lowest BCUT2D eigenvalue weighted by atomic mass is 10.2. The quantitative estimate of drug-likeness (QED) is 0.724. The van der Waals surface area contributed by atoms with Crippen molar-refractivity contribution in [1.82, 2.24) is 19.3 Å². The van der Waals surface area contributed by atoms with Crippen molar-refractivity contribution in [2.75, 3.05) is 31.1 Å². The lowest BCUT2D eigenvalue weighted by molar-refractivity contribution is 0.0746. The summed E-state index contributed by atoms with van der Waals surface area (Å²) in [5.74, 6) is 1.05. The fraction of sp³-hybridized carbons (Fsp3) is 0.278. The molecule has 1 aliphatic rings. The molecule has 0 spiro atoms.